The predicted molar refractivity (Wildman–Crippen MR) is 88.2 cm³/mol. The van der Waals surface area contributed by atoms with E-state index in [9.17, 15) is 9.90 Å². The van der Waals surface area contributed by atoms with Crippen molar-refractivity contribution in [1.29, 1.82) is 0 Å². The topological polar surface area (TPSA) is 75.1 Å². The second-order valence-electron chi connectivity index (χ2n) is 6.11. The molecule has 120 valence electrons. The van der Waals surface area contributed by atoms with Gasteiger partial charge in [-0.3, -0.25) is 9.78 Å². The van der Waals surface area contributed by atoms with Gasteiger partial charge in [0.1, 0.15) is 5.69 Å². The monoisotopic (exact) mass is 331 g/mol. The molecule has 0 spiro atoms. The first-order chi connectivity index (χ1) is 11.0. The molecule has 5 nitrogen and oxygen atoms in total. The number of benzene rings is 1. The van der Waals surface area contributed by atoms with Crippen molar-refractivity contribution in [3.05, 3.63) is 47.4 Å². The molecule has 2 N–H and O–H groups in total. The molecule has 0 aliphatic heterocycles. The van der Waals surface area contributed by atoms with Crippen LogP contribution < -0.4 is 5.32 Å². The van der Waals surface area contributed by atoms with Crippen LogP contribution in [-0.4, -0.2) is 33.1 Å². The molecule has 23 heavy (non-hydrogen) atoms. The fourth-order valence-electron chi connectivity index (χ4n) is 2.43. The van der Waals surface area contributed by atoms with Crippen molar-refractivity contribution in [3.63, 3.8) is 0 Å². The summed E-state index contributed by atoms with van der Waals surface area (Å²) in [5.41, 5.74) is 0.797. The standard InChI is InChI=1S/C17H18ClN3O2/c1-17(23,12-4-5-12)10-20-16(22)15-9-19-8-14(21-15)11-2-6-13(18)7-3-11/h2-3,6-9,12,23H,4-5,10H2,1H3,(H,20,22). The first-order valence-corrected chi connectivity index (χ1v) is 7.92. The van der Waals surface area contributed by atoms with Gasteiger partial charge in [0.15, 0.2) is 0 Å². The van der Waals surface area contributed by atoms with Gasteiger partial charge in [-0.25, -0.2) is 4.98 Å². The average Bonchev–Trinajstić information content (AvgIpc) is 3.39. The Bertz CT molecular complexity index is 712. The third kappa shape index (κ3) is 3.86. The van der Waals surface area contributed by atoms with Gasteiger partial charge in [0.25, 0.3) is 5.91 Å². The minimum atomic E-state index is -0.864. The number of hydrogen-bond acceptors (Lipinski definition) is 4. The smallest absolute Gasteiger partial charge is 0.271 e. The molecular weight excluding hydrogens is 314 g/mol. The lowest BCUT2D eigenvalue weighted by molar-refractivity contribution is 0.0353. The molecule has 1 atom stereocenters. The number of rotatable bonds is 5. The molecule has 1 aliphatic carbocycles. The number of carbonyl (C=O) groups is 1. The summed E-state index contributed by atoms with van der Waals surface area (Å²) in [5.74, 6) is -0.0662. The van der Waals surface area contributed by atoms with E-state index in [1.807, 2.05) is 12.1 Å². The highest BCUT2D eigenvalue weighted by Crippen LogP contribution is 2.39. The van der Waals surface area contributed by atoms with E-state index < -0.39 is 5.60 Å². The summed E-state index contributed by atoms with van der Waals surface area (Å²) in [6.07, 6.45) is 5.03. The Morgan fingerprint density at radius 1 is 1.35 bits per heavy atom. The van der Waals surface area contributed by atoms with Gasteiger partial charge in [0, 0.05) is 17.1 Å². The van der Waals surface area contributed by atoms with Gasteiger partial charge < -0.3 is 10.4 Å². The number of aliphatic hydroxyl groups is 1. The number of amides is 1. The lowest BCUT2D eigenvalue weighted by Gasteiger charge is -2.23. The minimum absolute atomic E-state index is 0.212. The first kappa shape index (κ1) is 15.9. The van der Waals surface area contributed by atoms with Gasteiger partial charge in [0.2, 0.25) is 0 Å². The van der Waals surface area contributed by atoms with Crippen molar-refractivity contribution in [2.24, 2.45) is 5.92 Å². The van der Waals surface area contributed by atoms with Crippen LogP contribution in [0.5, 0.6) is 0 Å². The molecule has 1 aromatic carbocycles. The van der Waals surface area contributed by atoms with Crippen LogP contribution >= 0.6 is 11.6 Å². The maximum Gasteiger partial charge on any atom is 0.271 e. The van der Waals surface area contributed by atoms with Gasteiger partial charge in [-0.05, 0) is 37.8 Å². The Morgan fingerprint density at radius 3 is 2.70 bits per heavy atom. The zero-order chi connectivity index (χ0) is 16.4. The van der Waals surface area contributed by atoms with Gasteiger partial charge in [-0.1, -0.05) is 23.7 Å². The molecule has 1 aromatic heterocycles. The Morgan fingerprint density at radius 2 is 2.04 bits per heavy atom. The molecule has 1 fully saturated rings. The van der Waals surface area contributed by atoms with E-state index in [1.54, 1.807) is 25.3 Å². The number of nitrogens with zero attached hydrogens (tertiary/aromatic N) is 2. The number of aromatic nitrogens is 2. The molecule has 6 heteroatoms. The number of hydrogen-bond donors (Lipinski definition) is 2. The summed E-state index contributed by atoms with van der Waals surface area (Å²) in [6.45, 7) is 1.96. The maximum absolute atomic E-state index is 12.2. The van der Waals surface area contributed by atoms with Crippen LogP contribution in [0.15, 0.2) is 36.7 Å². The van der Waals surface area contributed by atoms with Crippen LogP contribution in [0.4, 0.5) is 0 Å². The van der Waals surface area contributed by atoms with E-state index in [0.717, 1.165) is 18.4 Å². The largest absolute Gasteiger partial charge is 0.388 e. The zero-order valence-corrected chi connectivity index (χ0v) is 13.5. The Labute approximate surface area is 139 Å². The highest BCUT2D eigenvalue weighted by Gasteiger charge is 2.40. The van der Waals surface area contributed by atoms with E-state index in [1.165, 1.54) is 6.20 Å². The van der Waals surface area contributed by atoms with Crippen LogP contribution in [0.2, 0.25) is 5.02 Å². The molecule has 1 aliphatic rings. The van der Waals surface area contributed by atoms with Crippen molar-refractivity contribution in [2.75, 3.05) is 6.54 Å². The third-order valence-corrected chi connectivity index (χ3v) is 4.32. The van der Waals surface area contributed by atoms with Crippen molar-refractivity contribution in [1.82, 2.24) is 15.3 Å². The summed E-state index contributed by atoms with van der Waals surface area (Å²) < 4.78 is 0. The van der Waals surface area contributed by atoms with Crippen LogP contribution in [0.25, 0.3) is 11.3 Å². The summed E-state index contributed by atoms with van der Waals surface area (Å²) in [7, 11) is 0. The summed E-state index contributed by atoms with van der Waals surface area (Å²) in [5, 5.41) is 13.6. The predicted octanol–water partition coefficient (Wildman–Crippen LogP) is 2.69. The van der Waals surface area contributed by atoms with Crippen LogP contribution in [0, 0.1) is 5.92 Å². The van der Waals surface area contributed by atoms with E-state index in [4.69, 9.17) is 11.6 Å². The third-order valence-electron chi connectivity index (χ3n) is 4.07. The summed E-state index contributed by atoms with van der Waals surface area (Å²) >= 11 is 5.87. The fourth-order valence-corrected chi connectivity index (χ4v) is 2.56. The Kier molecular flexibility index (Phi) is 4.33. The Balaban J connectivity index is 1.71. The second-order valence-corrected chi connectivity index (χ2v) is 6.55. The van der Waals surface area contributed by atoms with Gasteiger partial charge in [-0.2, -0.15) is 0 Å². The van der Waals surface area contributed by atoms with Crippen LogP contribution in [-0.2, 0) is 0 Å². The SMILES string of the molecule is CC(O)(CNC(=O)c1cncc(-c2ccc(Cl)cc2)n1)C1CC1. The average molecular weight is 332 g/mol. The Hall–Kier alpha value is -1.98. The van der Waals surface area contributed by atoms with Crippen LogP contribution in [0.3, 0.4) is 0 Å². The highest BCUT2D eigenvalue weighted by molar-refractivity contribution is 6.30. The normalized spacial score (nSPS) is 16.7. The molecule has 0 saturated heterocycles. The van der Waals surface area contributed by atoms with Gasteiger partial charge in [-0.15, -0.1) is 0 Å². The van der Waals surface area contributed by atoms with Gasteiger partial charge >= 0.3 is 0 Å². The molecule has 1 saturated carbocycles. The van der Waals surface area contributed by atoms with Crippen molar-refractivity contribution < 1.29 is 9.90 Å². The molecular formula is C17H18ClN3O2. The maximum atomic E-state index is 12.2. The second kappa shape index (κ2) is 6.26. The van der Waals surface area contributed by atoms with Crippen molar-refractivity contribution >= 4 is 17.5 Å². The lowest BCUT2D eigenvalue weighted by Crippen LogP contribution is -2.42. The lowest BCUT2D eigenvalue weighted by atomic mass is 10.0. The van der Waals surface area contributed by atoms with Gasteiger partial charge in [0.05, 0.1) is 23.7 Å². The minimum Gasteiger partial charge on any atom is -0.388 e. The fraction of sp³-hybridized carbons (Fsp3) is 0.353. The first-order valence-electron chi connectivity index (χ1n) is 7.54. The number of nitrogens with one attached hydrogen (secondary N) is 1. The molecule has 0 bridgehead atoms. The molecule has 0 radical (unpaired) electrons. The van der Waals surface area contributed by atoms with E-state index in [0.29, 0.717) is 10.7 Å². The van der Waals surface area contributed by atoms with E-state index in [2.05, 4.69) is 15.3 Å². The highest BCUT2D eigenvalue weighted by atomic mass is 35.5. The van der Waals surface area contributed by atoms with E-state index in [-0.39, 0.29) is 24.1 Å². The molecule has 1 heterocycles. The van der Waals surface area contributed by atoms with Crippen molar-refractivity contribution in [3.8, 4) is 11.3 Å². The molecule has 3 rings (SSSR count). The van der Waals surface area contributed by atoms with E-state index >= 15 is 0 Å². The number of carbonyl (C=O) groups excluding carboxylic acids is 1. The summed E-state index contributed by atoms with van der Waals surface area (Å²) in [6, 6.07) is 7.17. The zero-order valence-electron chi connectivity index (χ0n) is 12.8. The number of halogens is 1. The summed E-state index contributed by atoms with van der Waals surface area (Å²) in [4.78, 5) is 20.6. The quantitative estimate of drug-likeness (QED) is 0.883. The molecule has 1 amide bonds. The van der Waals surface area contributed by atoms with Crippen molar-refractivity contribution in [2.45, 2.75) is 25.4 Å². The molecule has 1 unspecified atom stereocenters. The van der Waals surface area contributed by atoms with Crippen LogP contribution in [0.1, 0.15) is 30.3 Å². The molecule has 2 aromatic rings.